The molecule has 0 saturated carbocycles. The molecule has 0 aromatic carbocycles. The van der Waals surface area contributed by atoms with Crippen LogP contribution in [0.1, 0.15) is 34.6 Å². The van der Waals surface area contributed by atoms with Crippen LogP contribution in [-0.2, 0) is 0 Å². The third-order valence-electron chi connectivity index (χ3n) is 4.12. The van der Waals surface area contributed by atoms with Crippen molar-refractivity contribution in [3.05, 3.63) is 0 Å². The molecule has 2 rings (SSSR count). The fraction of sp³-hybridized carbons (Fsp3) is 1.00. The molecule has 3 atom stereocenters. The van der Waals surface area contributed by atoms with Gasteiger partial charge in [0.25, 0.3) is 0 Å². The Hall–Kier alpha value is 0.0249. The van der Waals surface area contributed by atoms with Crippen molar-refractivity contribution in [2.45, 2.75) is 34.6 Å². The van der Waals surface area contributed by atoms with E-state index in [2.05, 4.69) is 20.8 Å². The number of nitrogens with zero attached hydrogens (tertiary/aromatic N) is 1. The van der Waals surface area contributed by atoms with Crippen molar-refractivity contribution in [2.75, 3.05) is 26.2 Å². The maximum absolute atomic E-state index is 2.43. The molecule has 14 heavy (non-hydrogen) atoms. The van der Waals surface area contributed by atoms with Crippen LogP contribution in [0.5, 0.6) is 0 Å². The summed E-state index contributed by atoms with van der Waals surface area (Å²) in [5.41, 5.74) is 0. The van der Waals surface area contributed by atoms with Crippen LogP contribution in [0, 0.1) is 17.8 Å². The lowest BCUT2D eigenvalue weighted by atomic mass is 10.0. The lowest BCUT2D eigenvalue weighted by Gasteiger charge is -2.29. The molecule has 86 valence electrons. The van der Waals surface area contributed by atoms with Gasteiger partial charge in [-0.1, -0.05) is 36.6 Å². The molecule has 0 radical (unpaired) electrons. The molecule has 3 unspecified atom stereocenters. The summed E-state index contributed by atoms with van der Waals surface area (Å²) in [6.07, 6.45) is 1.47. The lowest BCUT2D eigenvalue weighted by Crippen LogP contribution is -2.43. The van der Waals surface area contributed by atoms with Crippen molar-refractivity contribution >= 4 is 8.41 Å². The quantitative estimate of drug-likeness (QED) is 0.407. The molecule has 0 aromatic heterocycles. The maximum atomic E-state index is 2.43. The fourth-order valence-electron chi connectivity index (χ4n) is 3.33. The summed E-state index contributed by atoms with van der Waals surface area (Å²) in [5.74, 6) is 2.92. The zero-order chi connectivity index (χ0) is 8.77. The van der Waals surface area contributed by atoms with Gasteiger partial charge < -0.3 is 4.48 Å². The van der Waals surface area contributed by atoms with Crippen molar-refractivity contribution in [1.29, 1.82) is 0 Å². The smallest absolute Gasteiger partial charge is 0.0817 e. The molecule has 2 aliphatic rings. The van der Waals surface area contributed by atoms with Crippen LogP contribution >= 0.6 is 0 Å². The van der Waals surface area contributed by atoms with Crippen molar-refractivity contribution in [3.8, 4) is 0 Å². The molecule has 0 aromatic rings. The van der Waals surface area contributed by atoms with E-state index in [9.17, 15) is 0 Å². The normalized spacial score (nSPS) is 46.1. The van der Waals surface area contributed by atoms with E-state index in [1.807, 2.05) is 0 Å². The molecule has 0 aliphatic carbocycles. The van der Waals surface area contributed by atoms with E-state index < -0.39 is 0 Å². The SMILES string of the molecule is C.CC1CC[N+]2(C1)CC(C)C(C)C2.[BH4-]. The van der Waals surface area contributed by atoms with E-state index in [1.54, 1.807) is 0 Å². The van der Waals surface area contributed by atoms with E-state index in [0.29, 0.717) is 0 Å². The Morgan fingerprint density at radius 2 is 1.43 bits per heavy atom. The molecule has 0 N–H and O–H groups in total. The van der Waals surface area contributed by atoms with Crippen molar-refractivity contribution in [1.82, 2.24) is 0 Å². The Balaban J connectivity index is 0.000000845. The Labute approximate surface area is 92.0 Å². The number of rotatable bonds is 0. The van der Waals surface area contributed by atoms with Gasteiger partial charge in [-0.3, -0.25) is 0 Å². The minimum atomic E-state index is 0. The van der Waals surface area contributed by atoms with Gasteiger partial charge in [-0.05, 0) is 0 Å². The van der Waals surface area contributed by atoms with Gasteiger partial charge in [-0.15, -0.1) is 0 Å². The van der Waals surface area contributed by atoms with Gasteiger partial charge in [0.1, 0.15) is 0 Å². The van der Waals surface area contributed by atoms with Crippen LogP contribution < -0.4 is 0 Å². The van der Waals surface area contributed by atoms with Crippen molar-refractivity contribution in [3.63, 3.8) is 0 Å². The molecule has 2 aliphatic heterocycles. The Morgan fingerprint density at radius 1 is 0.929 bits per heavy atom. The first-order chi connectivity index (χ1) is 5.61. The number of hydrogen-bond donors (Lipinski definition) is 0. The maximum Gasteiger partial charge on any atom is 0.0817 e. The van der Waals surface area contributed by atoms with E-state index in [-0.39, 0.29) is 15.8 Å². The highest BCUT2D eigenvalue weighted by atomic mass is 15.4. The van der Waals surface area contributed by atoms with Gasteiger partial charge >= 0.3 is 0 Å². The van der Waals surface area contributed by atoms with Gasteiger partial charge in [-0.2, -0.15) is 0 Å². The van der Waals surface area contributed by atoms with Gasteiger partial charge in [0.05, 0.1) is 26.2 Å². The van der Waals surface area contributed by atoms with E-state index in [4.69, 9.17) is 0 Å². The topological polar surface area (TPSA) is 0 Å². The standard InChI is InChI=1S/C11H22N.CH4.BH4/c1-9-4-5-12(6-9)7-10(2)11(3)8-12;;/h9-11H,4-8H2,1-3H3;2*1H4/q+1;;-1. The van der Waals surface area contributed by atoms with E-state index in [1.165, 1.54) is 37.1 Å². The molecule has 2 heterocycles. The van der Waals surface area contributed by atoms with Gasteiger partial charge in [0.2, 0.25) is 0 Å². The highest BCUT2D eigenvalue weighted by Gasteiger charge is 2.44. The third-order valence-corrected chi connectivity index (χ3v) is 4.12. The second-order valence-electron chi connectivity index (χ2n) is 5.46. The van der Waals surface area contributed by atoms with Crippen LogP contribution in [0.25, 0.3) is 0 Å². The molecule has 2 fully saturated rings. The molecule has 0 bridgehead atoms. The summed E-state index contributed by atoms with van der Waals surface area (Å²) in [6, 6.07) is 0. The predicted octanol–water partition coefficient (Wildman–Crippen LogP) is 1.31. The Bertz CT molecular complexity index is 171. The summed E-state index contributed by atoms with van der Waals surface area (Å²) in [7, 11) is 0. The third kappa shape index (κ3) is 2.33. The van der Waals surface area contributed by atoms with Crippen LogP contribution in [0.4, 0.5) is 0 Å². The molecular weight excluding hydrogens is 169 g/mol. The molecule has 1 nitrogen and oxygen atoms in total. The van der Waals surface area contributed by atoms with Crippen LogP contribution in [-0.4, -0.2) is 39.1 Å². The van der Waals surface area contributed by atoms with Gasteiger partial charge in [0, 0.05) is 24.2 Å². The number of hydrogen-bond acceptors (Lipinski definition) is 0. The fourth-order valence-corrected chi connectivity index (χ4v) is 3.33. The Kier molecular flexibility index (Phi) is 4.71. The molecule has 0 amide bonds. The average Bonchev–Trinajstić information content (AvgIpc) is 2.42. The van der Waals surface area contributed by atoms with Crippen molar-refractivity contribution < 1.29 is 4.48 Å². The van der Waals surface area contributed by atoms with E-state index >= 15 is 0 Å². The zero-order valence-electron chi connectivity index (χ0n) is 8.71. The van der Waals surface area contributed by atoms with Gasteiger partial charge in [-0.25, -0.2) is 0 Å². The first-order valence-corrected chi connectivity index (χ1v) is 5.46. The van der Waals surface area contributed by atoms with Crippen LogP contribution in [0.3, 0.4) is 0 Å². The highest BCUT2D eigenvalue weighted by Crippen LogP contribution is 2.35. The first kappa shape index (κ1) is 14.0. The summed E-state index contributed by atoms with van der Waals surface area (Å²) in [4.78, 5) is 0. The molecule has 1 spiro atoms. The highest BCUT2D eigenvalue weighted by molar-refractivity contribution is 5.75. The van der Waals surface area contributed by atoms with Crippen molar-refractivity contribution in [2.24, 2.45) is 17.8 Å². The molecule has 2 saturated heterocycles. The monoisotopic (exact) mass is 199 g/mol. The minimum absolute atomic E-state index is 0. The number of quaternary nitrogens is 1. The predicted molar refractivity (Wildman–Crippen MR) is 69.9 cm³/mol. The first-order valence-electron chi connectivity index (χ1n) is 5.46. The second kappa shape index (κ2) is 4.70. The Morgan fingerprint density at radius 3 is 1.79 bits per heavy atom. The zero-order valence-corrected chi connectivity index (χ0v) is 8.71. The summed E-state index contributed by atoms with van der Waals surface area (Å²) < 4.78 is 1.46. The molecule has 2 heteroatoms. The van der Waals surface area contributed by atoms with E-state index in [0.717, 1.165) is 17.8 Å². The molecular formula is C12H30BN. The van der Waals surface area contributed by atoms with Gasteiger partial charge in [0.15, 0.2) is 0 Å². The summed E-state index contributed by atoms with van der Waals surface area (Å²) >= 11 is 0. The largest absolute Gasteiger partial charge is 0.323 e. The van der Waals surface area contributed by atoms with Crippen LogP contribution in [0.15, 0.2) is 0 Å². The summed E-state index contributed by atoms with van der Waals surface area (Å²) in [5, 5.41) is 0. The van der Waals surface area contributed by atoms with Crippen LogP contribution in [0.2, 0.25) is 0 Å². The lowest BCUT2D eigenvalue weighted by molar-refractivity contribution is -0.908. The minimum Gasteiger partial charge on any atom is -0.323 e. The average molecular weight is 199 g/mol. The second-order valence-corrected chi connectivity index (χ2v) is 5.46. The summed E-state index contributed by atoms with van der Waals surface area (Å²) in [6.45, 7) is 13.1.